The number of aryl methyl sites for hydroxylation is 1. The summed E-state index contributed by atoms with van der Waals surface area (Å²) in [4.78, 5) is 25.8. The van der Waals surface area contributed by atoms with Crippen molar-refractivity contribution in [3.63, 3.8) is 0 Å². The van der Waals surface area contributed by atoms with E-state index in [0.29, 0.717) is 6.54 Å². The molecule has 0 aliphatic heterocycles. The molecule has 3 aromatic carbocycles. The van der Waals surface area contributed by atoms with Gasteiger partial charge in [0.15, 0.2) is 6.61 Å². The third-order valence-corrected chi connectivity index (χ3v) is 6.74. The maximum absolute atomic E-state index is 12.5. The highest BCUT2D eigenvalue weighted by atomic mass is 32.2. The SMILES string of the molecule is CCc1ccc(CN(C)C(=O)COC(=O)CCNS(=O)(=O)c2ccc3ccccc3c2)cc1. The van der Waals surface area contributed by atoms with Crippen molar-refractivity contribution < 1.29 is 22.7 Å². The average molecular weight is 469 g/mol. The Hall–Kier alpha value is -3.23. The molecule has 8 heteroatoms. The Balaban J connectivity index is 1.43. The zero-order valence-corrected chi connectivity index (χ0v) is 19.6. The fourth-order valence-electron chi connectivity index (χ4n) is 3.27. The highest BCUT2D eigenvalue weighted by Gasteiger charge is 2.16. The number of amides is 1. The summed E-state index contributed by atoms with van der Waals surface area (Å²) in [5.41, 5.74) is 2.20. The number of likely N-dealkylation sites (N-methyl/N-ethyl adjacent to an activating group) is 1. The lowest BCUT2D eigenvalue weighted by Gasteiger charge is -2.17. The first-order valence-electron chi connectivity index (χ1n) is 10.7. The zero-order valence-electron chi connectivity index (χ0n) is 18.8. The molecule has 1 amide bonds. The molecule has 1 N–H and O–H groups in total. The van der Waals surface area contributed by atoms with E-state index in [-0.39, 0.29) is 30.4 Å². The second kappa shape index (κ2) is 11.1. The van der Waals surface area contributed by atoms with Crippen LogP contribution in [0.25, 0.3) is 10.8 Å². The van der Waals surface area contributed by atoms with Crippen LogP contribution in [0.4, 0.5) is 0 Å². The van der Waals surface area contributed by atoms with Gasteiger partial charge in [-0.15, -0.1) is 0 Å². The summed E-state index contributed by atoms with van der Waals surface area (Å²) >= 11 is 0. The first-order valence-corrected chi connectivity index (χ1v) is 12.2. The van der Waals surface area contributed by atoms with Crippen molar-refractivity contribution in [2.75, 3.05) is 20.2 Å². The van der Waals surface area contributed by atoms with Crippen molar-refractivity contribution in [2.24, 2.45) is 0 Å². The largest absolute Gasteiger partial charge is 0.456 e. The Bertz CT molecular complexity index is 1220. The summed E-state index contributed by atoms with van der Waals surface area (Å²) in [6.07, 6.45) is 0.770. The van der Waals surface area contributed by atoms with Crippen LogP contribution in [0.1, 0.15) is 24.5 Å². The number of carbonyl (C=O) groups is 2. The fraction of sp³-hybridized carbons (Fsp3) is 0.280. The number of esters is 1. The average Bonchev–Trinajstić information content (AvgIpc) is 2.82. The van der Waals surface area contributed by atoms with Crippen LogP contribution in [0.2, 0.25) is 0 Å². The maximum atomic E-state index is 12.5. The molecular formula is C25H28N2O5S. The van der Waals surface area contributed by atoms with Gasteiger partial charge in [-0.2, -0.15) is 0 Å². The second-order valence-corrected chi connectivity index (χ2v) is 9.50. The molecule has 33 heavy (non-hydrogen) atoms. The first kappa shape index (κ1) is 24.4. The van der Waals surface area contributed by atoms with E-state index in [1.165, 1.54) is 16.5 Å². The smallest absolute Gasteiger partial charge is 0.307 e. The van der Waals surface area contributed by atoms with Gasteiger partial charge in [-0.1, -0.05) is 61.5 Å². The van der Waals surface area contributed by atoms with Crippen molar-refractivity contribution in [3.8, 4) is 0 Å². The molecule has 0 unspecified atom stereocenters. The third kappa shape index (κ3) is 6.87. The van der Waals surface area contributed by atoms with Crippen LogP contribution in [0.3, 0.4) is 0 Å². The van der Waals surface area contributed by atoms with E-state index in [9.17, 15) is 18.0 Å². The van der Waals surface area contributed by atoms with Crippen molar-refractivity contribution in [1.29, 1.82) is 0 Å². The Morgan fingerprint density at radius 1 is 0.939 bits per heavy atom. The lowest BCUT2D eigenvalue weighted by atomic mass is 10.1. The number of fused-ring (bicyclic) bond motifs is 1. The minimum absolute atomic E-state index is 0.123. The number of hydrogen-bond donors (Lipinski definition) is 1. The van der Waals surface area contributed by atoms with Gasteiger partial charge in [0.1, 0.15) is 0 Å². The number of nitrogens with zero attached hydrogens (tertiary/aromatic N) is 1. The van der Waals surface area contributed by atoms with E-state index >= 15 is 0 Å². The molecule has 0 saturated heterocycles. The van der Waals surface area contributed by atoms with Gasteiger partial charge in [-0.3, -0.25) is 9.59 Å². The molecule has 174 valence electrons. The van der Waals surface area contributed by atoms with Crippen LogP contribution in [-0.2, 0) is 37.3 Å². The van der Waals surface area contributed by atoms with E-state index in [0.717, 1.165) is 22.8 Å². The van der Waals surface area contributed by atoms with E-state index in [1.54, 1.807) is 19.2 Å². The molecule has 0 bridgehead atoms. The van der Waals surface area contributed by atoms with Gasteiger partial charge in [0, 0.05) is 20.1 Å². The van der Waals surface area contributed by atoms with Gasteiger partial charge in [-0.05, 0) is 40.5 Å². The van der Waals surface area contributed by atoms with Gasteiger partial charge in [0.25, 0.3) is 5.91 Å². The topological polar surface area (TPSA) is 92.8 Å². The minimum Gasteiger partial charge on any atom is -0.456 e. The Labute approximate surface area is 194 Å². The number of benzene rings is 3. The summed E-state index contributed by atoms with van der Waals surface area (Å²) in [6.45, 7) is 1.97. The van der Waals surface area contributed by atoms with E-state index in [4.69, 9.17) is 4.74 Å². The molecule has 0 aliphatic carbocycles. The minimum atomic E-state index is -3.76. The summed E-state index contributed by atoms with van der Waals surface area (Å²) in [6, 6.07) is 20.3. The predicted octanol–water partition coefficient (Wildman–Crippen LogP) is 3.27. The van der Waals surface area contributed by atoms with Crippen LogP contribution in [0.15, 0.2) is 71.6 Å². The van der Waals surface area contributed by atoms with Crippen LogP contribution in [0, 0.1) is 0 Å². The second-order valence-electron chi connectivity index (χ2n) is 7.74. The number of carbonyl (C=O) groups excluding carboxylic acids is 2. The Morgan fingerprint density at radius 2 is 1.61 bits per heavy atom. The third-order valence-electron chi connectivity index (χ3n) is 5.29. The van der Waals surface area contributed by atoms with Gasteiger partial charge in [0.2, 0.25) is 10.0 Å². The highest BCUT2D eigenvalue weighted by Crippen LogP contribution is 2.18. The van der Waals surface area contributed by atoms with Crippen molar-refractivity contribution in [2.45, 2.75) is 31.2 Å². The number of ether oxygens (including phenoxy) is 1. The molecule has 0 atom stereocenters. The molecule has 0 fully saturated rings. The van der Waals surface area contributed by atoms with Crippen LogP contribution >= 0.6 is 0 Å². The lowest BCUT2D eigenvalue weighted by molar-refractivity contribution is -0.151. The zero-order chi connectivity index (χ0) is 23.8. The fourth-order valence-corrected chi connectivity index (χ4v) is 4.34. The van der Waals surface area contributed by atoms with E-state index in [1.807, 2.05) is 48.5 Å². The van der Waals surface area contributed by atoms with E-state index < -0.39 is 16.0 Å². The van der Waals surface area contributed by atoms with Crippen LogP contribution in [0.5, 0.6) is 0 Å². The number of nitrogens with one attached hydrogen (secondary N) is 1. The summed E-state index contributed by atoms with van der Waals surface area (Å²) in [5.74, 6) is -0.982. The van der Waals surface area contributed by atoms with Gasteiger partial charge in [-0.25, -0.2) is 13.1 Å². The summed E-state index contributed by atoms with van der Waals surface area (Å²) in [5, 5.41) is 1.75. The molecule has 0 heterocycles. The molecule has 0 radical (unpaired) electrons. The molecule has 3 aromatic rings. The summed E-state index contributed by atoms with van der Waals surface area (Å²) < 4.78 is 32.4. The summed E-state index contributed by atoms with van der Waals surface area (Å²) in [7, 11) is -2.12. The monoisotopic (exact) mass is 468 g/mol. The highest BCUT2D eigenvalue weighted by molar-refractivity contribution is 7.89. The Morgan fingerprint density at radius 3 is 2.30 bits per heavy atom. The standard InChI is InChI=1S/C25H28N2O5S/c1-3-19-8-10-20(11-9-19)17-27(2)24(28)18-32-25(29)14-15-26-33(30,31)23-13-12-21-6-4-5-7-22(21)16-23/h4-13,16,26H,3,14-15,17-18H2,1-2H3. The quantitative estimate of drug-likeness (QED) is 0.461. The molecule has 0 saturated carbocycles. The molecule has 0 aliphatic rings. The van der Waals surface area contributed by atoms with Crippen molar-refractivity contribution in [3.05, 3.63) is 77.9 Å². The van der Waals surface area contributed by atoms with Crippen molar-refractivity contribution in [1.82, 2.24) is 9.62 Å². The molecule has 0 aromatic heterocycles. The number of rotatable bonds is 10. The van der Waals surface area contributed by atoms with Gasteiger partial charge < -0.3 is 9.64 Å². The predicted molar refractivity (Wildman–Crippen MR) is 127 cm³/mol. The van der Waals surface area contributed by atoms with Crippen LogP contribution < -0.4 is 4.72 Å². The molecular weight excluding hydrogens is 440 g/mol. The maximum Gasteiger partial charge on any atom is 0.307 e. The number of hydrogen-bond acceptors (Lipinski definition) is 5. The molecule has 7 nitrogen and oxygen atoms in total. The van der Waals surface area contributed by atoms with E-state index in [2.05, 4.69) is 11.6 Å². The van der Waals surface area contributed by atoms with Crippen LogP contribution in [-0.4, -0.2) is 45.4 Å². The van der Waals surface area contributed by atoms with Gasteiger partial charge in [0.05, 0.1) is 11.3 Å². The normalized spacial score (nSPS) is 11.3. The molecule has 3 rings (SSSR count). The Kier molecular flexibility index (Phi) is 8.19. The molecule has 0 spiro atoms. The lowest BCUT2D eigenvalue weighted by Crippen LogP contribution is -2.31. The number of sulfonamides is 1. The first-order chi connectivity index (χ1) is 15.8. The van der Waals surface area contributed by atoms with Gasteiger partial charge >= 0.3 is 5.97 Å². The van der Waals surface area contributed by atoms with Crippen molar-refractivity contribution >= 4 is 32.7 Å².